The molecule has 1 aliphatic rings. The summed E-state index contributed by atoms with van der Waals surface area (Å²) in [6.07, 6.45) is -1.57. The molecule has 1 aliphatic carbocycles. The van der Waals surface area contributed by atoms with Gasteiger partial charge < -0.3 is 10.4 Å². The molecule has 2 rings (SSSR count). The second kappa shape index (κ2) is 6.75. The number of benzene rings is 1. The molecule has 0 saturated heterocycles. The molecule has 1 aromatic carbocycles. The van der Waals surface area contributed by atoms with Crippen LogP contribution in [0.4, 0.5) is 17.6 Å². The van der Waals surface area contributed by atoms with Crippen molar-refractivity contribution in [1.29, 1.82) is 0 Å². The third-order valence-electron chi connectivity index (χ3n) is 4.15. The van der Waals surface area contributed by atoms with E-state index >= 15 is 0 Å². The van der Waals surface area contributed by atoms with Crippen molar-refractivity contribution >= 4 is 0 Å². The molecule has 21 heavy (non-hydrogen) atoms. The number of aliphatic hydroxyl groups is 1. The van der Waals surface area contributed by atoms with Gasteiger partial charge in [0.25, 0.3) is 0 Å². The van der Waals surface area contributed by atoms with E-state index in [1.54, 1.807) is 0 Å². The number of alkyl halides is 3. The van der Waals surface area contributed by atoms with Crippen LogP contribution in [0.5, 0.6) is 0 Å². The Hall–Kier alpha value is -1.14. The molecule has 2 nitrogen and oxygen atoms in total. The quantitative estimate of drug-likeness (QED) is 0.818. The zero-order valence-corrected chi connectivity index (χ0v) is 11.6. The Labute approximate surface area is 121 Å². The maximum absolute atomic E-state index is 13.0. The van der Waals surface area contributed by atoms with E-state index in [-0.39, 0.29) is 24.6 Å². The SMILES string of the molecule is OCC1CCCC1CNCc1ccc(F)cc1C(F)(F)F. The Morgan fingerprint density at radius 3 is 2.57 bits per heavy atom. The highest BCUT2D eigenvalue weighted by molar-refractivity contribution is 5.30. The van der Waals surface area contributed by atoms with Gasteiger partial charge in [-0.15, -0.1) is 0 Å². The lowest BCUT2D eigenvalue weighted by Gasteiger charge is -2.19. The highest BCUT2D eigenvalue weighted by Crippen LogP contribution is 2.33. The molecule has 118 valence electrons. The molecule has 2 unspecified atom stereocenters. The van der Waals surface area contributed by atoms with E-state index in [1.807, 2.05) is 0 Å². The summed E-state index contributed by atoms with van der Waals surface area (Å²) in [7, 11) is 0. The van der Waals surface area contributed by atoms with Crippen LogP contribution in [-0.4, -0.2) is 18.3 Å². The normalized spacial score (nSPS) is 22.7. The van der Waals surface area contributed by atoms with Gasteiger partial charge in [0.2, 0.25) is 0 Å². The highest BCUT2D eigenvalue weighted by atomic mass is 19.4. The molecule has 2 N–H and O–H groups in total. The first-order valence-corrected chi connectivity index (χ1v) is 7.09. The molecular formula is C15H19F4NO. The molecule has 0 heterocycles. The molecule has 0 spiro atoms. The van der Waals surface area contributed by atoms with Crippen LogP contribution in [0, 0.1) is 17.7 Å². The first-order chi connectivity index (χ1) is 9.91. The molecule has 0 bridgehead atoms. The lowest BCUT2D eigenvalue weighted by Crippen LogP contribution is -2.27. The van der Waals surface area contributed by atoms with Crippen molar-refractivity contribution in [2.75, 3.05) is 13.2 Å². The molecule has 2 atom stereocenters. The average molecular weight is 305 g/mol. The molecule has 0 aromatic heterocycles. The summed E-state index contributed by atoms with van der Waals surface area (Å²) >= 11 is 0. The van der Waals surface area contributed by atoms with Gasteiger partial charge in [-0.05, 0) is 48.9 Å². The van der Waals surface area contributed by atoms with Crippen LogP contribution in [0.25, 0.3) is 0 Å². The predicted octanol–water partition coefficient (Wildman–Crippen LogP) is 3.34. The van der Waals surface area contributed by atoms with Crippen molar-refractivity contribution in [3.05, 3.63) is 35.1 Å². The van der Waals surface area contributed by atoms with Crippen LogP contribution in [0.15, 0.2) is 18.2 Å². The van der Waals surface area contributed by atoms with Gasteiger partial charge in [0.1, 0.15) is 5.82 Å². The van der Waals surface area contributed by atoms with Gasteiger partial charge in [0.05, 0.1) is 5.56 Å². The summed E-state index contributed by atoms with van der Waals surface area (Å²) in [4.78, 5) is 0. The average Bonchev–Trinajstić information content (AvgIpc) is 2.86. The Balaban J connectivity index is 1.97. The van der Waals surface area contributed by atoms with Gasteiger partial charge in [-0.1, -0.05) is 12.5 Å². The second-order valence-corrected chi connectivity index (χ2v) is 5.56. The van der Waals surface area contributed by atoms with Crippen LogP contribution in [0.1, 0.15) is 30.4 Å². The van der Waals surface area contributed by atoms with Crippen molar-refractivity contribution < 1.29 is 22.7 Å². The maximum Gasteiger partial charge on any atom is 0.416 e. The molecule has 6 heteroatoms. The van der Waals surface area contributed by atoms with E-state index in [9.17, 15) is 22.7 Å². The Morgan fingerprint density at radius 1 is 1.19 bits per heavy atom. The Morgan fingerprint density at radius 2 is 1.90 bits per heavy atom. The van der Waals surface area contributed by atoms with Gasteiger partial charge in [-0.3, -0.25) is 0 Å². The minimum Gasteiger partial charge on any atom is -0.396 e. The van der Waals surface area contributed by atoms with E-state index in [4.69, 9.17) is 0 Å². The number of rotatable bonds is 5. The zero-order valence-electron chi connectivity index (χ0n) is 11.6. The largest absolute Gasteiger partial charge is 0.416 e. The van der Waals surface area contributed by atoms with E-state index in [2.05, 4.69) is 5.32 Å². The fourth-order valence-electron chi connectivity index (χ4n) is 2.98. The second-order valence-electron chi connectivity index (χ2n) is 5.56. The predicted molar refractivity (Wildman–Crippen MR) is 71.0 cm³/mol. The summed E-state index contributed by atoms with van der Waals surface area (Å²) in [5.41, 5.74) is -0.887. The summed E-state index contributed by atoms with van der Waals surface area (Å²) in [6.45, 7) is 0.736. The van der Waals surface area contributed by atoms with Crippen LogP contribution < -0.4 is 5.32 Å². The third-order valence-corrected chi connectivity index (χ3v) is 4.15. The summed E-state index contributed by atoms with van der Waals surface area (Å²) in [6, 6.07) is 2.74. The Bertz CT molecular complexity index is 475. The fraction of sp³-hybridized carbons (Fsp3) is 0.600. The summed E-state index contributed by atoms with van der Waals surface area (Å²) in [5, 5.41) is 12.2. The number of nitrogens with one attached hydrogen (secondary N) is 1. The molecule has 1 fully saturated rings. The lowest BCUT2D eigenvalue weighted by atomic mass is 9.97. The van der Waals surface area contributed by atoms with Crippen molar-refractivity contribution in [3.63, 3.8) is 0 Å². The summed E-state index contributed by atoms with van der Waals surface area (Å²) < 4.78 is 51.5. The molecule has 1 aromatic rings. The topological polar surface area (TPSA) is 32.3 Å². The number of halogens is 4. The molecule has 0 aliphatic heterocycles. The molecule has 0 amide bonds. The van der Waals surface area contributed by atoms with Crippen molar-refractivity contribution in [2.24, 2.45) is 11.8 Å². The van der Waals surface area contributed by atoms with Gasteiger partial charge in [-0.25, -0.2) is 4.39 Å². The zero-order chi connectivity index (χ0) is 15.5. The van der Waals surface area contributed by atoms with Crippen LogP contribution >= 0.6 is 0 Å². The first kappa shape index (κ1) is 16.2. The monoisotopic (exact) mass is 305 g/mol. The number of aliphatic hydroxyl groups excluding tert-OH is 1. The minimum absolute atomic E-state index is 0.0439. The smallest absolute Gasteiger partial charge is 0.396 e. The fourth-order valence-corrected chi connectivity index (χ4v) is 2.98. The van der Waals surface area contributed by atoms with Crippen LogP contribution in [0.2, 0.25) is 0 Å². The van der Waals surface area contributed by atoms with Gasteiger partial charge >= 0.3 is 6.18 Å². The van der Waals surface area contributed by atoms with Crippen LogP contribution in [-0.2, 0) is 12.7 Å². The van der Waals surface area contributed by atoms with E-state index < -0.39 is 17.6 Å². The summed E-state index contributed by atoms with van der Waals surface area (Å²) in [5.74, 6) is -0.361. The number of hydrogen-bond donors (Lipinski definition) is 2. The lowest BCUT2D eigenvalue weighted by molar-refractivity contribution is -0.138. The first-order valence-electron chi connectivity index (χ1n) is 7.09. The van der Waals surface area contributed by atoms with Crippen molar-refractivity contribution in [3.8, 4) is 0 Å². The van der Waals surface area contributed by atoms with Gasteiger partial charge in [-0.2, -0.15) is 13.2 Å². The van der Waals surface area contributed by atoms with Gasteiger partial charge in [0.15, 0.2) is 0 Å². The van der Waals surface area contributed by atoms with E-state index in [1.165, 1.54) is 6.07 Å². The Kier molecular flexibility index (Phi) is 5.22. The van der Waals surface area contributed by atoms with Crippen molar-refractivity contribution in [1.82, 2.24) is 5.32 Å². The molecule has 0 radical (unpaired) electrons. The van der Waals surface area contributed by atoms with E-state index in [0.29, 0.717) is 18.5 Å². The maximum atomic E-state index is 13.0. The van der Waals surface area contributed by atoms with E-state index in [0.717, 1.165) is 25.3 Å². The van der Waals surface area contributed by atoms with Gasteiger partial charge in [0, 0.05) is 13.2 Å². The molecular weight excluding hydrogens is 286 g/mol. The molecule has 1 saturated carbocycles. The highest BCUT2D eigenvalue weighted by Gasteiger charge is 2.33. The number of hydrogen-bond acceptors (Lipinski definition) is 2. The standard InChI is InChI=1S/C15H19F4NO/c16-13-5-4-11(14(6-13)15(17,18)19)8-20-7-10-2-1-3-12(10)9-21/h4-6,10,12,20-21H,1-3,7-9H2. The van der Waals surface area contributed by atoms with Crippen LogP contribution in [0.3, 0.4) is 0 Å². The minimum atomic E-state index is -4.56. The van der Waals surface area contributed by atoms with Crippen molar-refractivity contribution in [2.45, 2.75) is 32.0 Å². The third kappa shape index (κ3) is 4.17.